The molecule has 0 aromatic rings. The van der Waals surface area contributed by atoms with Crippen LogP contribution in [0.25, 0.3) is 0 Å². The van der Waals surface area contributed by atoms with Gasteiger partial charge in [0, 0.05) is 6.92 Å². The van der Waals surface area contributed by atoms with Crippen molar-refractivity contribution in [3.63, 3.8) is 0 Å². The van der Waals surface area contributed by atoms with Crippen molar-refractivity contribution in [1.29, 1.82) is 0 Å². The van der Waals surface area contributed by atoms with E-state index in [1.54, 1.807) is 0 Å². The molecule has 0 N–H and O–H groups in total. The molecule has 1 unspecified atom stereocenters. The summed E-state index contributed by atoms with van der Waals surface area (Å²) in [6.07, 6.45) is -10.4. The molecule has 8 heteroatoms. The van der Waals surface area contributed by atoms with Gasteiger partial charge >= 0.3 is 24.4 Å². The first-order valence-electron chi connectivity index (χ1n) is 2.84. The lowest BCUT2D eigenvalue weighted by atomic mass is 10.3. The van der Waals surface area contributed by atoms with Crippen molar-refractivity contribution in [2.75, 3.05) is 0 Å². The van der Waals surface area contributed by atoms with Crippen molar-refractivity contribution >= 4 is 5.97 Å². The Morgan fingerprint density at radius 1 is 1.23 bits per heavy atom. The van der Waals surface area contributed by atoms with E-state index in [0.29, 0.717) is 6.92 Å². The van der Waals surface area contributed by atoms with Gasteiger partial charge in [0.25, 0.3) is 0 Å². The molecule has 0 saturated carbocycles. The molecular formula is C5H4F6O2. The molecule has 0 aliphatic carbocycles. The van der Waals surface area contributed by atoms with Gasteiger partial charge in [-0.1, -0.05) is 0 Å². The molecular weight excluding hydrogens is 206 g/mol. The van der Waals surface area contributed by atoms with Gasteiger partial charge in [-0.05, 0) is 0 Å². The van der Waals surface area contributed by atoms with Crippen LogP contribution in [0.4, 0.5) is 26.3 Å². The van der Waals surface area contributed by atoms with E-state index in [-0.39, 0.29) is 0 Å². The summed E-state index contributed by atoms with van der Waals surface area (Å²) in [7, 11) is 0. The monoisotopic (exact) mass is 210 g/mol. The van der Waals surface area contributed by atoms with Crippen molar-refractivity contribution in [1.82, 2.24) is 0 Å². The number of carbonyl (C=O) groups excluding carboxylic acids is 1. The van der Waals surface area contributed by atoms with Crippen LogP contribution in [-0.2, 0) is 9.53 Å². The SMILES string of the molecule is CC(=O)OC(F)(C(F)F)C(F)(F)F. The quantitative estimate of drug-likeness (QED) is 0.515. The Bertz CT molecular complexity index is 200. The summed E-state index contributed by atoms with van der Waals surface area (Å²) in [5.41, 5.74) is 0. The maximum atomic E-state index is 12.4. The van der Waals surface area contributed by atoms with E-state index in [1.807, 2.05) is 0 Å². The fourth-order valence-electron chi connectivity index (χ4n) is 0.435. The fraction of sp³-hybridized carbons (Fsp3) is 0.800. The summed E-state index contributed by atoms with van der Waals surface area (Å²) in [5.74, 6) is -7.00. The Labute approximate surface area is 68.5 Å². The number of ether oxygens (including phenoxy) is 1. The highest BCUT2D eigenvalue weighted by Gasteiger charge is 2.66. The van der Waals surface area contributed by atoms with E-state index in [2.05, 4.69) is 4.74 Å². The summed E-state index contributed by atoms with van der Waals surface area (Å²) in [5, 5.41) is 0. The molecule has 0 aliphatic heterocycles. The number of hydrogen-bond acceptors (Lipinski definition) is 2. The molecule has 13 heavy (non-hydrogen) atoms. The summed E-state index contributed by atoms with van der Waals surface area (Å²) in [4.78, 5) is 9.91. The van der Waals surface area contributed by atoms with E-state index >= 15 is 0 Å². The molecule has 0 amide bonds. The summed E-state index contributed by atoms with van der Waals surface area (Å²) < 4.78 is 73.1. The summed E-state index contributed by atoms with van der Waals surface area (Å²) in [6, 6.07) is 0. The summed E-state index contributed by atoms with van der Waals surface area (Å²) >= 11 is 0. The second-order valence-electron chi connectivity index (χ2n) is 2.04. The van der Waals surface area contributed by atoms with Crippen molar-refractivity contribution < 1.29 is 35.9 Å². The zero-order valence-electron chi connectivity index (χ0n) is 6.16. The molecule has 0 fully saturated rings. The number of halogens is 6. The fourth-order valence-corrected chi connectivity index (χ4v) is 0.435. The van der Waals surface area contributed by atoms with Gasteiger partial charge in [0.05, 0.1) is 0 Å². The molecule has 78 valence electrons. The van der Waals surface area contributed by atoms with Crippen LogP contribution in [0.3, 0.4) is 0 Å². The Kier molecular flexibility index (Phi) is 3.18. The lowest BCUT2D eigenvalue weighted by Crippen LogP contribution is -2.50. The third kappa shape index (κ3) is 2.49. The smallest absolute Gasteiger partial charge is 0.415 e. The molecule has 0 aliphatic rings. The van der Waals surface area contributed by atoms with Crippen LogP contribution in [0.1, 0.15) is 6.92 Å². The van der Waals surface area contributed by atoms with Crippen molar-refractivity contribution in [3.05, 3.63) is 0 Å². The highest BCUT2D eigenvalue weighted by molar-refractivity contribution is 5.66. The zero-order valence-corrected chi connectivity index (χ0v) is 6.16. The number of rotatable bonds is 2. The van der Waals surface area contributed by atoms with Crippen molar-refractivity contribution in [2.45, 2.75) is 25.4 Å². The van der Waals surface area contributed by atoms with E-state index in [4.69, 9.17) is 0 Å². The van der Waals surface area contributed by atoms with E-state index in [9.17, 15) is 31.1 Å². The van der Waals surface area contributed by atoms with Gasteiger partial charge in [0.2, 0.25) is 0 Å². The van der Waals surface area contributed by atoms with Gasteiger partial charge < -0.3 is 4.74 Å². The van der Waals surface area contributed by atoms with Crippen LogP contribution >= 0.6 is 0 Å². The lowest BCUT2D eigenvalue weighted by Gasteiger charge is -2.25. The number of hydrogen-bond donors (Lipinski definition) is 0. The number of esters is 1. The Hall–Kier alpha value is -0.950. The molecule has 0 aromatic carbocycles. The highest BCUT2D eigenvalue weighted by atomic mass is 19.4. The normalized spacial score (nSPS) is 16.9. The first-order chi connectivity index (χ1) is 5.61. The van der Waals surface area contributed by atoms with Gasteiger partial charge in [-0.3, -0.25) is 4.79 Å². The van der Waals surface area contributed by atoms with E-state index in [0.717, 1.165) is 0 Å². The minimum absolute atomic E-state index is 0.391. The molecule has 2 nitrogen and oxygen atoms in total. The maximum Gasteiger partial charge on any atom is 0.466 e. The second-order valence-corrected chi connectivity index (χ2v) is 2.04. The van der Waals surface area contributed by atoms with Crippen molar-refractivity contribution in [3.8, 4) is 0 Å². The van der Waals surface area contributed by atoms with Crippen LogP contribution in [0.15, 0.2) is 0 Å². The molecule has 0 spiro atoms. The van der Waals surface area contributed by atoms with Crippen LogP contribution in [-0.4, -0.2) is 24.4 Å². The number of alkyl halides is 6. The van der Waals surface area contributed by atoms with E-state index < -0.39 is 24.4 Å². The minimum atomic E-state index is -5.95. The Balaban J connectivity index is 4.85. The highest BCUT2D eigenvalue weighted by Crippen LogP contribution is 2.39. The lowest BCUT2D eigenvalue weighted by molar-refractivity contribution is -0.355. The first kappa shape index (κ1) is 12.0. The van der Waals surface area contributed by atoms with E-state index in [1.165, 1.54) is 0 Å². The average Bonchev–Trinajstić information content (AvgIpc) is 1.82. The maximum absolute atomic E-state index is 12.4. The minimum Gasteiger partial charge on any atom is -0.415 e. The standard InChI is InChI=1S/C5H4F6O2/c1-2(12)13-4(8,3(6)7)5(9,10)11/h3H,1H3. The largest absolute Gasteiger partial charge is 0.466 e. The molecule has 0 rings (SSSR count). The molecule has 0 saturated heterocycles. The molecule has 0 radical (unpaired) electrons. The summed E-state index contributed by atoms with van der Waals surface area (Å²) in [6.45, 7) is 0.391. The molecule has 1 atom stereocenters. The molecule has 0 bridgehead atoms. The van der Waals surface area contributed by atoms with Gasteiger partial charge in [-0.2, -0.15) is 17.6 Å². The molecule has 0 heterocycles. The predicted molar refractivity (Wildman–Crippen MR) is 27.7 cm³/mol. The third-order valence-corrected chi connectivity index (χ3v) is 0.959. The van der Waals surface area contributed by atoms with Crippen molar-refractivity contribution in [2.24, 2.45) is 0 Å². The zero-order chi connectivity index (χ0) is 10.9. The van der Waals surface area contributed by atoms with Gasteiger partial charge in [0.1, 0.15) is 0 Å². The predicted octanol–water partition coefficient (Wildman–Crippen LogP) is 2.04. The Morgan fingerprint density at radius 2 is 1.62 bits per heavy atom. The second kappa shape index (κ2) is 3.43. The van der Waals surface area contributed by atoms with Gasteiger partial charge in [-0.25, -0.2) is 8.78 Å². The van der Waals surface area contributed by atoms with Crippen LogP contribution in [0, 0.1) is 0 Å². The van der Waals surface area contributed by atoms with Crippen LogP contribution in [0.5, 0.6) is 0 Å². The topological polar surface area (TPSA) is 26.3 Å². The van der Waals surface area contributed by atoms with Gasteiger partial charge in [-0.15, -0.1) is 0 Å². The first-order valence-corrected chi connectivity index (χ1v) is 2.84. The Morgan fingerprint density at radius 3 is 1.69 bits per heavy atom. The average molecular weight is 210 g/mol. The third-order valence-electron chi connectivity index (χ3n) is 0.959. The van der Waals surface area contributed by atoms with Gasteiger partial charge in [0.15, 0.2) is 0 Å². The van der Waals surface area contributed by atoms with Crippen LogP contribution in [0.2, 0.25) is 0 Å². The number of carbonyl (C=O) groups is 1. The van der Waals surface area contributed by atoms with Crippen LogP contribution < -0.4 is 0 Å². The molecule has 0 aromatic heterocycles.